The maximum absolute atomic E-state index is 10.4. The van der Waals surface area contributed by atoms with Crippen LogP contribution in [0.15, 0.2) is 24.3 Å². The van der Waals surface area contributed by atoms with E-state index >= 15 is 0 Å². The molecule has 0 radical (unpaired) electrons. The van der Waals surface area contributed by atoms with Crippen molar-refractivity contribution in [2.45, 2.75) is 19.9 Å². The van der Waals surface area contributed by atoms with Gasteiger partial charge in [0.1, 0.15) is 5.52 Å². The summed E-state index contributed by atoms with van der Waals surface area (Å²) in [5, 5.41) is 16.7. The molecule has 5 heteroatoms. The SMILES string of the molecule is CC(C)n1nnc2cc(/C=C/C(=O)O)ccc21. The highest BCUT2D eigenvalue weighted by atomic mass is 16.4. The molecular weight excluding hydrogens is 218 g/mol. The summed E-state index contributed by atoms with van der Waals surface area (Å²) in [7, 11) is 0. The number of nitrogens with zero attached hydrogens (tertiary/aromatic N) is 3. The van der Waals surface area contributed by atoms with Crippen LogP contribution in [0.1, 0.15) is 25.5 Å². The number of rotatable bonds is 3. The van der Waals surface area contributed by atoms with Crippen molar-refractivity contribution >= 4 is 23.1 Å². The predicted molar refractivity (Wildman–Crippen MR) is 64.6 cm³/mol. The zero-order chi connectivity index (χ0) is 12.4. The van der Waals surface area contributed by atoms with Gasteiger partial charge < -0.3 is 5.11 Å². The molecule has 0 fully saturated rings. The van der Waals surface area contributed by atoms with Crippen LogP contribution in [0, 0.1) is 0 Å². The summed E-state index contributed by atoms with van der Waals surface area (Å²) in [6, 6.07) is 5.82. The third-order valence-electron chi connectivity index (χ3n) is 2.40. The maximum Gasteiger partial charge on any atom is 0.328 e. The highest BCUT2D eigenvalue weighted by molar-refractivity contribution is 5.86. The lowest BCUT2D eigenvalue weighted by atomic mass is 10.2. The molecule has 0 bridgehead atoms. The lowest BCUT2D eigenvalue weighted by Gasteiger charge is -2.04. The van der Waals surface area contributed by atoms with Gasteiger partial charge in [-0.15, -0.1) is 5.10 Å². The largest absolute Gasteiger partial charge is 0.478 e. The van der Waals surface area contributed by atoms with Gasteiger partial charge in [0, 0.05) is 12.1 Å². The fraction of sp³-hybridized carbons (Fsp3) is 0.250. The number of hydrogen-bond acceptors (Lipinski definition) is 3. The number of hydrogen-bond donors (Lipinski definition) is 1. The van der Waals surface area contributed by atoms with Gasteiger partial charge in [0.15, 0.2) is 0 Å². The topological polar surface area (TPSA) is 68.0 Å². The van der Waals surface area contributed by atoms with E-state index in [1.165, 1.54) is 6.08 Å². The Balaban J connectivity index is 2.42. The lowest BCUT2D eigenvalue weighted by Crippen LogP contribution is -2.02. The van der Waals surface area contributed by atoms with E-state index in [-0.39, 0.29) is 6.04 Å². The number of aromatic nitrogens is 3. The van der Waals surface area contributed by atoms with Gasteiger partial charge in [0.25, 0.3) is 0 Å². The van der Waals surface area contributed by atoms with E-state index in [1.807, 2.05) is 36.7 Å². The molecule has 1 N–H and O–H groups in total. The van der Waals surface area contributed by atoms with Crippen molar-refractivity contribution in [2.75, 3.05) is 0 Å². The molecule has 0 unspecified atom stereocenters. The van der Waals surface area contributed by atoms with Crippen molar-refractivity contribution in [1.29, 1.82) is 0 Å². The molecule has 0 saturated carbocycles. The van der Waals surface area contributed by atoms with Crippen molar-refractivity contribution in [3.05, 3.63) is 29.8 Å². The highest BCUT2D eigenvalue weighted by Crippen LogP contribution is 2.17. The van der Waals surface area contributed by atoms with Crippen molar-refractivity contribution in [1.82, 2.24) is 15.0 Å². The fourth-order valence-corrected chi connectivity index (χ4v) is 1.61. The van der Waals surface area contributed by atoms with Gasteiger partial charge in [-0.25, -0.2) is 9.48 Å². The van der Waals surface area contributed by atoms with Gasteiger partial charge in [0.05, 0.1) is 5.52 Å². The number of carbonyl (C=O) groups is 1. The van der Waals surface area contributed by atoms with Crippen molar-refractivity contribution < 1.29 is 9.90 Å². The molecule has 0 aliphatic heterocycles. The van der Waals surface area contributed by atoms with Crippen LogP contribution in [0.4, 0.5) is 0 Å². The third-order valence-corrected chi connectivity index (χ3v) is 2.40. The fourth-order valence-electron chi connectivity index (χ4n) is 1.61. The average Bonchev–Trinajstić information content (AvgIpc) is 2.69. The van der Waals surface area contributed by atoms with Crippen LogP contribution in [0.2, 0.25) is 0 Å². The Bertz CT molecular complexity index is 584. The molecule has 0 amide bonds. The second kappa shape index (κ2) is 4.37. The smallest absolute Gasteiger partial charge is 0.328 e. The second-order valence-electron chi connectivity index (χ2n) is 4.05. The molecule has 1 aromatic heterocycles. The Labute approximate surface area is 98.4 Å². The van der Waals surface area contributed by atoms with E-state index < -0.39 is 5.97 Å². The number of carboxylic acid groups (broad SMARTS) is 1. The van der Waals surface area contributed by atoms with Crippen molar-refractivity contribution in [3.8, 4) is 0 Å². The summed E-state index contributed by atoms with van der Waals surface area (Å²) in [4.78, 5) is 10.4. The van der Waals surface area contributed by atoms with E-state index in [9.17, 15) is 4.79 Å². The third kappa shape index (κ3) is 2.33. The molecule has 88 valence electrons. The highest BCUT2D eigenvalue weighted by Gasteiger charge is 2.06. The maximum atomic E-state index is 10.4. The van der Waals surface area contributed by atoms with Crippen LogP contribution in [0.3, 0.4) is 0 Å². The van der Waals surface area contributed by atoms with Crippen LogP contribution >= 0.6 is 0 Å². The van der Waals surface area contributed by atoms with E-state index in [0.29, 0.717) is 0 Å². The van der Waals surface area contributed by atoms with E-state index in [1.54, 1.807) is 0 Å². The monoisotopic (exact) mass is 231 g/mol. The van der Waals surface area contributed by atoms with E-state index in [0.717, 1.165) is 22.7 Å². The Hall–Kier alpha value is -2.17. The first-order valence-corrected chi connectivity index (χ1v) is 5.34. The van der Waals surface area contributed by atoms with Crippen LogP contribution in [0.25, 0.3) is 17.1 Å². The zero-order valence-corrected chi connectivity index (χ0v) is 9.66. The van der Waals surface area contributed by atoms with Gasteiger partial charge in [-0.2, -0.15) is 0 Å². The molecule has 0 saturated heterocycles. The van der Waals surface area contributed by atoms with Crippen LogP contribution in [0.5, 0.6) is 0 Å². The van der Waals surface area contributed by atoms with Gasteiger partial charge in [-0.3, -0.25) is 0 Å². The Morgan fingerprint density at radius 1 is 1.47 bits per heavy atom. The van der Waals surface area contributed by atoms with E-state index in [2.05, 4.69) is 10.3 Å². The number of aliphatic carboxylic acids is 1. The summed E-state index contributed by atoms with van der Waals surface area (Å²) in [6.45, 7) is 4.07. The van der Waals surface area contributed by atoms with Crippen molar-refractivity contribution in [2.24, 2.45) is 0 Å². The number of benzene rings is 1. The molecule has 1 heterocycles. The van der Waals surface area contributed by atoms with Gasteiger partial charge in [-0.1, -0.05) is 11.3 Å². The first kappa shape index (κ1) is 11.3. The minimum absolute atomic E-state index is 0.250. The molecular formula is C12H13N3O2. The molecule has 0 atom stereocenters. The quantitative estimate of drug-likeness (QED) is 0.821. The van der Waals surface area contributed by atoms with Gasteiger partial charge >= 0.3 is 5.97 Å². The van der Waals surface area contributed by atoms with Gasteiger partial charge in [0.2, 0.25) is 0 Å². The van der Waals surface area contributed by atoms with Crippen LogP contribution in [-0.4, -0.2) is 26.1 Å². The summed E-state index contributed by atoms with van der Waals surface area (Å²) in [5.41, 5.74) is 2.52. The van der Waals surface area contributed by atoms with Gasteiger partial charge in [-0.05, 0) is 37.6 Å². The molecule has 0 aliphatic carbocycles. The number of carboxylic acids is 1. The Morgan fingerprint density at radius 3 is 2.88 bits per heavy atom. The molecule has 0 spiro atoms. The molecule has 5 nitrogen and oxygen atoms in total. The standard InChI is InChI=1S/C12H13N3O2/c1-8(2)15-11-5-3-9(4-6-12(16)17)7-10(11)13-14-15/h3-8H,1-2H3,(H,16,17)/b6-4+. The van der Waals surface area contributed by atoms with Crippen LogP contribution < -0.4 is 0 Å². The Morgan fingerprint density at radius 2 is 2.24 bits per heavy atom. The molecule has 2 aromatic rings. The summed E-state index contributed by atoms with van der Waals surface area (Å²) in [6.07, 6.45) is 2.64. The minimum Gasteiger partial charge on any atom is -0.478 e. The molecule has 2 rings (SSSR count). The van der Waals surface area contributed by atoms with Crippen molar-refractivity contribution in [3.63, 3.8) is 0 Å². The van der Waals surface area contributed by atoms with E-state index in [4.69, 9.17) is 5.11 Å². The Kier molecular flexibility index (Phi) is 2.91. The summed E-state index contributed by atoms with van der Waals surface area (Å²) >= 11 is 0. The second-order valence-corrected chi connectivity index (χ2v) is 4.05. The minimum atomic E-state index is -0.962. The molecule has 1 aromatic carbocycles. The molecule has 0 aliphatic rings. The zero-order valence-electron chi connectivity index (χ0n) is 9.66. The first-order valence-electron chi connectivity index (χ1n) is 5.34. The van der Waals surface area contributed by atoms with Crippen LogP contribution in [-0.2, 0) is 4.79 Å². The number of fused-ring (bicyclic) bond motifs is 1. The average molecular weight is 231 g/mol. The summed E-state index contributed by atoms with van der Waals surface area (Å²) < 4.78 is 1.83. The normalized spacial score (nSPS) is 11.7. The lowest BCUT2D eigenvalue weighted by molar-refractivity contribution is -0.131. The summed E-state index contributed by atoms with van der Waals surface area (Å²) in [5.74, 6) is -0.962. The first-order chi connectivity index (χ1) is 8.08. The predicted octanol–water partition coefficient (Wildman–Crippen LogP) is 2.11. The molecule has 17 heavy (non-hydrogen) atoms.